The van der Waals surface area contributed by atoms with Gasteiger partial charge in [0.15, 0.2) is 0 Å². The van der Waals surface area contributed by atoms with Crippen molar-refractivity contribution in [2.24, 2.45) is 17.8 Å². The number of rotatable bonds is 3. The Morgan fingerprint density at radius 1 is 1.35 bits per heavy atom. The molecule has 2 rings (SSSR count). The summed E-state index contributed by atoms with van der Waals surface area (Å²) in [7, 11) is 0. The number of fused-ring (bicyclic) bond motifs is 2. The normalized spacial score (nSPS) is 39.5. The van der Waals surface area contributed by atoms with Crippen molar-refractivity contribution in [3.05, 3.63) is 11.3 Å². The van der Waals surface area contributed by atoms with Gasteiger partial charge in [0.25, 0.3) is 0 Å². The fraction of sp³-hybridized carbons (Fsp3) is 0.857. The van der Waals surface area contributed by atoms with Gasteiger partial charge < -0.3 is 19.7 Å². The zero-order valence-corrected chi connectivity index (χ0v) is 17.3. The van der Waals surface area contributed by atoms with Crippen LogP contribution >= 0.6 is 0 Å². The van der Waals surface area contributed by atoms with E-state index in [1.165, 1.54) is 0 Å². The maximum atomic E-state index is 12.7. The average molecular weight is 369 g/mol. The Morgan fingerprint density at radius 2 is 1.96 bits per heavy atom. The molecule has 26 heavy (non-hydrogen) atoms. The van der Waals surface area contributed by atoms with Gasteiger partial charge in [-0.3, -0.25) is 4.79 Å². The van der Waals surface area contributed by atoms with Crippen molar-refractivity contribution in [2.45, 2.75) is 97.6 Å². The molecular weight excluding hydrogens is 332 g/mol. The smallest absolute Gasteiger partial charge is 0.309 e. The second kappa shape index (κ2) is 7.51. The van der Waals surface area contributed by atoms with Gasteiger partial charge in [-0.25, -0.2) is 0 Å². The third kappa shape index (κ3) is 4.09. The van der Waals surface area contributed by atoms with Gasteiger partial charge in [-0.2, -0.15) is 0 Å². The van der Waals surface area contributed by atoms with E-state index >= 15 is 0 Å². The van der Waals surface area contributed by atoms with Crippen LogP contribution in [0, 0.1) is 17.8 Å². The monoisotopic (exact) mass is 368 g/mol. The van der Waals surface area contributed by atoms with Gasteiger partial charge in [0.1, 0.15) is 23.1 Å². The minimum Gasteiger partial charge on any atom is -0.491 e. The lowest BCUT2D eigenvalue weighted by Crippen LogP contribution is -2.54. The van der Waals surface area contributed by atoms with E-state index in [4.69, 9.17) is 9.47 Å². The lowest BCUT2D eigenvalue weighted by molar-refractivity contribution is -0.191. The number of aliphatic hydroxyl groups is 2. The van der Waals surface area contributed by atoms with Crippen molar-refractivity contribution in [3.63, 3.8) is 0 Å². The highest BCUT2D eigenvalue weighted by Crippen LogP contribution is 2.45. The number of hydrogen-bond donors (Lipinski definition) is 2. The number of carbonyl (C=O) groups excluding carboxylic acids is 1. The minimum absolute atomic E-state index is 0.260. The van der Waals surface area contributed by atoms with Crippen LogP contribution in [-0.2, 0) is 14.3 Å². The second-order valence-electron chi connectivity index (χ2n) is 9.12. The Morgan fingerprint density at radius 3 is 2.54 bits per heavy atom. The number of cyclic esters (lactones) is 1. The molecule has 0 aliphatic carbocycles. The molecular formula is C21H36O5. The lowest BCUT2D eigenvalue weighted by atomic mass is 9.81. The third-order valence-electron chi connectivity index (χ3n) is 6.10. The van der Waals surface area contributed by atoms with Crippen LogP contribution in [0.3, 0.4) is 0 Å². The first kappa shape index (κ1) is 21.2. The van der Waals surface area contributed by atoms with Crippen molar-refractivity contribution >= 4 is 5.97 Å². The van der Waals surface area contributed by atoms with Crippen LogP contribution in [0.5, 0.6) is 0 Å². The summed E-state index contributed by atoms with van der Waals surface area (Å²) < 4.78 is 12.2. The first-order valence-electron chi connectivity index (χ1n) is 9.90. The molecule has 150 valence electrons. The summed E-state index contributed by atoms with van der Waals surface area (Å²) in [6, 6.07) is 0. The van der Waals surface area contributed by atoms with Gasteiger partial charge >= 0.3 is 5.97 Å². The number of esters is 1. The summed E-state index contributed by atoms with van der Waals surface area (Å²) in [6.07, 6.45) is 0.938. The molecule has 0 spiro atoms. The van der Waals surface area contributed by atoms with Crippen LogP contribution in [0.15, 0.2) is 11.3 Å². The van der Waals surface area contributed by atoms with Crippen molar-refractivity contribution < 1.29 is 24.5 Å². The summed E-state index contributed by atoms with van der Waals surface area (Å²) in [4.78, 5) is 12.7. The van der Waals surface area contributed by atoms with Gasteiger partial charge in [0, 0.05) is 6.42 Å². The van der Waals surface area contributed by atoms with E-state index in [0.29, 0.717) is 18.8 Å². The van der Waals surface area contributed by atoms with E-state index in [9.17, 15) is 15.0 Å². The Bertz CT molecular complexity index is 567. The molecule has 1 fully saturated rings. The SMILES string of the molecule is CCC(O)C(C)(O)[C@@H]1OC(=O)C(C)C[C@H](C)C[C@]2(C)CC(C)=C(O2)[C@@H]1C. The van der Waals surface area contributed by atoms with Crippen molar-refractivity contribution in [1.82, 2.24) is 0 Å². The molecule has 2 aliphatic heterocycles. The number of aliphatic hydroxyl groups excluding tert-OH is 1. The van der Waals surface area contributed by atoms with Crippen LogP contribution in [0.4, 0.5) is 0 Å². The largest absolute Gasteiger partial charge is 0.491 e. The minimum atomic E-state index is -1.56. The second-order valence-corrected chi connectivity index (χ2v) is 9.12. The van der Waals surface area contributed by atoms with E-state index in [2.05, 4.69) is 13.8 Å². The van der Waals surface area contributed by atoms with Crippen LogP contribution < -0.4 is 0 Å². The van der Waals surface area contributed by atoms with E-state index in [0.717, 1.165) is 24.2 Å². The summed E-state index contributed by atoms with van der Waals surface area (Å²) in [5.41, 5.74) is -0.720. The molecule has 0 aromatic heterocycles. The summed E-state index contributed by atoms with van der Waals surface area (Å²) in [6.45, 7) is 13.4. The summed E-state index contributed by atoms with van der Waals surface area (Å²) >= 11 is 0. The molecule has 2 N–H and O–H groups in total. The van der Waals surface area contributed by atoms with Crippen LogP contribution in [0.1, 0.15) is 74.1 Å². The molecule has 0 radical (unpaired) electrons. The predicted octanol–water partition coefficient (Wildman–Crippen LogP) is 3.58. The molecule has 0 aromatic carbocycles. The van der Waals surface area contributed by atoms with E-state index in [1.807, 2.05) is 20.8 Å². The zero-order chi connectivity index (χ0) is 19.9. The first-order chi connectivity index (χ1) is 11.9. The summed E-state index contributed by atoms with van der Waals surface area (Å²) in [5, 5.41) is 21.4. The number of ether oxygens (including phenoxy) is 2. The first-order valence-corrected chi connectivity index (χ1v) is 9.90. The predicted molar refractivity (Wildman–Crippen MR) is 100 cm³/mol. The van der Waals surface area contributed by atoms with Gasteiger partial charge in [-0.15, -0.1) is 0 Å². The molecule has 5 nitrogen and oxygen atoms in total. The molecule has 0 aromatic rings. The third-order valence-corrected chi connectivity index (χ3v) is 6.10. The average Bonchev–Trinajstić information content (AvgIpc) is 2.83. The van der Waals surface area contributed by atoms with Crippen LogP contribution in [0.2, 0.25) is 0 Å². The van der Waals surface area contributed by atoms with E-state index in [-0.39, 0.29) is 23.4 Å². The molecule has 0 saturated carbocycles. The molecule has 5 heteroatoms. The van der Waals surface area contributed by atoms with E-state index in [1.54, 1.807) is 13.8 Å². The Hall–Kier alpha value is -1.07. The Labute approximate surface area is 157 Å². The van der Waals surface area contributed by atoms with Gasteiger partial charge in [-0.05, 0) is 51.5 Å². The Balaban J connectivity index is 2.46. The molecule has 7 atom stereocenters. The van der Waals surface area contributed by atoms with Crippen molar-refractivity contribution in [2.75, 3.05) is 0 Å². The lowest BCUT2D eigenvalue weighted by Gasteiger charge is -2.40. The van der Waals surface area contributed by atoms with Gasteiger partial charge in [0.2, 0.25) is 0 Å². The molecule has 1 saturated heterocycles. The molecule has 3 unspecified atom stereocenters. The zero-order valence-electron chi connectivity index (χ0n) is 17.3. The highest BCUT2D eigenvalue weighted by molar-refractivity contribution is 5.72. The highest BCUT2D eigenvalue weighted by Gasteiger charge is 2.49. The van der Waals surface area contributed by atoms with Crippen LogP contribution in [0.25, 0.3) is 0 Å². The molecule has 2 bridgehead atoms. The molecule has 2 aliphatic rings. The van der Waals surface area contributed by atoms with Crippen LogP contribution in [-0.4, -0.2) is 39.6 Å². The van der Waals surface area contributed by atoms with Crippen molar-refractivity contribution in [1.29, 1.82) is 0 Å². The Kier molecular flexibility index (Phi) is 6.13. The van der Waals surface area contributed by atoms with E-state index < -0.39 is 17.8 Å². The van der Waals surface area contributed by atoms with Gasteiger partial charge in [-0.1, -0.05) is 27.7 Å². The van der Waals surface area contributed by atoms with Crippen molar-refractivity contribution in [3.8, 4) is 0 Å². The fourth-order valence-corrected chi connectivity index (χ4v) is 4.86. The highest BCUT2D eigenvalue weighted by atomic mass is 16.6. The fourth-order valence-electron chi connectivity index (χ4n) is 4.86. The topological polar surface area (TPSA) is 76.0 Å². The maximum Gasteiger partial charge on any atom is 0.309 e. The molecule has 2 heterocycles. The number of carbonyl (C=O) groups is 1. The standard InChI is InChI=1S/C21H36O5/c1-8-16(22)21(7,24)18-15(5)17-14(4)11-20(6,26-17)10-12(2)9-13(3)19(23)25-18/h12-13,15-16,18,22,24H,8-11H2,1-7H3/t12-,13?,15-,16?,18+,20+,21?/m0/s1. The quantitative estimate of drug-likeness (QED) is 0.745. The maximum absolute atomic E-state index is 12.7. The van der Waals surface area contributed by atoms with Gasteiger partial charge in [0.05, 0.1) is 17.9 Å². The summed E-state index contributed by atoms with van der Waals surface area (Å²) in [5.74, 6) is 0.194. The number of hydrogen-bond acceptors (Lipinski definition) is 5. The molecule has 0 amide bonds.